The minimum atomic E-state index is -1.09. The Morgan fingerprint density at radius 1 is 1.47 bits per heavy atom. The second-order valence-corrected chi connectivity index (χ2v) is 4.34. The smallest absolute Gasteiger partial charge is 0.326 e. The maximum absolute atomic E-state index is 11.1. The summed E-state index contributed by atoms with van der Waals surface area (Å²) >= 11 is 0. The van der Waals surface area contributed by atoms with Gasteiger partial charge >= 0.3 is 5.97 Å². The summed E-state index contributed by atoms with van der Waals surface area (Å²) < 4.78 is 5.26. The Morgan fingerprint density at radius 3 is 2.58 bits per heavy atom. The van der Waals surface area contributed by atoms with Crippen molar-refractivity contribution in [3.8, 4) is 5.75 Å². The van der Waals surface area contributed by atoms with E-state index >= 15 is 0 Å². The van der Waals surface area contributed by atoms with Gasteiger partial charge in [0.2, 0.25) is 5.91 Å². The number of methoxy groups -OCH3 is 1. The van der Waals surface area contributed by atoms with E-state index in [0.717, 1.165) is 11.1 Å². The minimum absolute atomic E-state index is 0.122. The molecule has 6 heteroatoms. The molecule has 0 fully saturated rings. The SMILES string of the molecule is COc1c(C)cnc(CC(NC(C)=O)C(=O)O)c1C. The minimum Gasteiger partial charge on any atom is -0.496 e. The van der Waals surface area contributed by atoms with Crippen LogP contribution in [0.15, 0.2) is 6.20 Å². The molecule has 0 aliphatic carbocycles. The molecule has 1 atom stereocenters. The zero-order valence-corrected chi connectivity index (χ0v) is 11.5. The largest absolute Gasteiger partial charge is 0.496 e. The Morgan fingerprint density at radius 2 is 2.11 bits per heavy atom. The van der Waals surface area contributed by atoms with E-state index < -0.39 is 12.0 Å². The molecule has 1 rings (SSSR count). The number of carbonyl (C=O) groups excluding carboxylic acids is 1. The summed E-state index contributed by atoms with van der Waals surface area (Å²) in [4.78, 5) is 26.3. The number of aromatic nitrogens is 1. The van der Waals surface area contributed by atoms with Crippen LogP contribution in [0.2, 0.25) is 0 Å². The highest BCUT2D eigenvalue weighted by molar-refractivity contribution is 5.82. The number of ether oxygens (including phenoxy) is 1. The Balaban J connectivity index is 3.03. The topological polar surface area (TPSA) is 88.5 Å². The number of hydrogen-bond acceptors (Lipinski definition) is 4. The van der Waals surface area contributed by atoms with Gasteiger partial charge in [-0.05, 0) is 13.8 Å². The van der Waals surface area contributed by atoms with Crippen molar-refractivity contribution in [2.24, 2.45) is 0 Å². The molecule has 2 N–H and O–H groups in total. The zero-order valence-electron chi connectivity index (χ0n) is 11.5. The first-order chi connectivity index (χ1) is 8.86. The van der Waals surface area contributed by atoms with Crippen molar-refractivity contribution in [3.05, 3.63) is 23.0 Å². The lowest BCUT2D eigenvalue weighted by atomic mass is 10.0. The molecule has 0 aliphatic rings. The lowest BCUT2D eigenvalue weighted by molar-refractivity contribution is -0.141. The molecule has 0 bridgehead atoms. The van der Waals surface area contributed by atoms with Gasteiger partial charge in [-0.2, -0.15) is 0 Å². The van der Waals surface area contributed by atoms with E-state index in [-0.39, 0.29) is 12.3 Å². The second-order valence-electron chi connectivity index (χ2n) is 4.34. The van der Waals surface area contributed by atoms with E-state index in [9.17, 15) is 9.59 Å². The molecular weight excluding hydrogens is 248 g/mol. The molecule has 0 radical (unpaired) electrons. The Hall–Kier alpha value is -2.11. The van der Waals surface area contributed by atoms with Crippen molar-refractivity contribution >= 4 is 11.9 Å². The number of nitrogens with one attached hydrogen (secondary N) is 1. The van der Waals surface area contributed by atoms with Crippen molar-refractivity contribution in [2.75, 3.05) is 7.11 Å². The maximum atomic E-state index is 11.1. The monoisotopic (exact) mass is 266 g/mol. The van der Waals surface area contributed by atoms with Crippen molar-refractivity contribution < 1.29 is 19.4 Å². The van der Waals surface area contributed by atoms with Crippen LogP contribution >= 0.6 is 0 Å². The van der Waals surface area contributed by atoms with Gasteiger partial charge in [0.25, 0.3) is 0 Å². The van der Waals surface area contributed by atoms with Crippen LogP contribution in [0.4, 0.5) is 0 Å². The third-order valence-electron chi connectivity index (χ3n) is 2.82. The van der Waals surface area contributed by atoms with E-state index in [2.05, 4.69) is 10.3 Å². The number of hydrogen-bond donors (Lipinski definition) is 2. The highest BCUT2D eigenvalue weighted by Crippen LogP contribution is 2.24. The van der Waals surface area contributed by atoms with Gasteiger partial charge in [0.15, 0.2) is 0 Å². The molecule has 1 heterocycles. The predicted octanol–water partition coefficient (Wildman–Crippen LogP) is 0.839. The molecular formula is C13H18N2O4. The molecule has 6 nitrogen and oxygen atoms in total. The number of aliphatic carboxylic acids is 1. The number of nitrogens with zero attached hydrogens (tertiary/aromatic N) is 1. The van der Waals surface area contributed by atoms with Crippen LogP contribution in [-0.4, -0.2) is 35.1 Å². The van der Waals surface area contributed by atoms with E-state index in [1.807, 2.05) is 13.8 Å². The summed E-state index contributed by atoms with van der Waals surface area (Å²) in [5, 5.41) is 11.5. The van der Waals surface area contributed by atoms with E-state index in [1.165, 1.54) is 6.92 Å². The second kappa shape index (κ2) is 6.17. The van der Waals surface area contributed by atoms with Gasteiger partial charge < -0.3 is 15.2 Å². The molecule has 0 aromatic carbocycles. The quantitative estimate of drug-likeness (QED) is 0.824. The molecule has 19 heavy (non-hydrogen) atoms. The van der Waals surface area contributed by atoms with Gasteiger partial charge in [0.1, 0.15) is 11.8 Å². The third-order valence-corrected chi connectivity index (χ3v) is 2.82. The fourth-order valence-corrected chi connectivity index (χ4v) is 1.92. The molecule has 0 saturated carbocycles. The van der Waals surface area contributed by atoms with Gasteiger partial charge in [-0.25, -0.2) is 4.79 Å². The average Bonchev–Trinajstić information content (AvgIpc) is 2.31. The summed E-state index contributed by atoms with van der Waals surface area (Å²) in [5.41, 5.74) is 2.28. The van der Waals surface area contributed by atoms with Crippen molar-refractivity contribution in [1.29, 1.82) is 0 Å². The average molecular weight is 266 g/mol. The number of aryl methyl sites for hydroxylation is 1. The zero-order chi connectivity index (χ0) is 14.6. The predicted molar refractivity (Wildman–Crippen MR) is 69.2 cm³/mol. The van der Waals surface area contributed by atoms with Gasteiger partial charge in [0, 0.05) is 36.4 Å². The van der Waals surface area contributed by atoms with Gasteiger partial charge in [-0.3, -0.25) is 9.78 Å². The first-order valence-electron chi connectivity index (χ1n) is 5.85. The number of carboxylic acid groups (broad SMARTS) is 1. The summed E-state index contributed by atoms with van der Waals surface area (Å²) in [7, 11) is 1.56. The third kappa shape index (κ3) is 3.67. The van der Waals surface area contributed by atoms with Crippen LogP contribution in [0.5, 0.6) is 5.75 Å². The summed E-state index contributed by atoms with van der Waals surface area (Å²) in [6, 6.07) is -0.990. The highest BCUT2D eigenvalue weighted by atomic mass is 16.5. The van der Waals surface area contributed by atoms with E-state index in [1.54, 1.807) is 13.3 Å². The van der Waals surface area contributed by atoms with Crippen LogP contribution in [0.1, 0.15) is 23.7 Å². The Labute approximate surface area is 111 Å². The Kier molecular flexibility index (Phi) is 4.86. The molecule has 0 saturated heterocycles. The molecule has 0 spiro atoms. The standard InChI is InChI=1S/C13H18N2O4/c1-7-6-14-10(8(2)12(7)19-4)5-11(13(17)18)15-9(3)16/h6,11H,5H2,1-4H3,(H,15,16)(H,17,18). The van der Waals surface area contributed by atoms with Crippen LogP contribution in [-0.2, 0) is 16.0 Å². The van der Waals surface area contributed by atoms with Crippen LogP contribution < -0.4 is 10.1 Å². The fourth-order valence-electron chi connectivity index (χ4n) is 1.92. The normalized spacial score (nSPS) is 11.8. The van der Waals surface area contributed by atoms with Crippen LogP contribution in [0, 0.1) is 13.8 Å². The van der Waals surface area contributed by atoms with Gasteiger partial charge in [-0.15, -0.1) is 0 Å². The molecule has 1 aromatic heterocycles. The summed E-state index contributed by atoms with van der Waals surface area (Å²) in [6.07, 6.45) is 1.76. The highest BCUT2D eigenvalue weighted by Gasteiger charge is 2.21. The van der Waals surface area contributed by atoms with Crippen LogP contribution in [0.25, 0.3) is 0 Å². The number of carboxylic acids is 1. The lowest BCUT2D eigenvalue weighted by Crippen LogP contribution is -2.41. The molecule has 104 valence electrons. The summed E-state index contributed by atoms with van der Waals surface area (Å²) in [5.74, 6) is -0.781. The van der Waals surface area contributed by atoms with Gasteiger partial charge in [0.05, 0.1) is 7.11 Å². The molecule has 1 amide bonds. The van der Waals surface area contributed by atoms with Crippen molar-refractivity contribution in [3.63, 3.8) is 0 Å². The van der Waals surface area contributed by atoms with Crippen LogP contribution in [0.3, 0.4) is 0 Å². The number of rotatable bonds is 5. The Bertz CT molecular complexity index is 500. The summed E-state index contributed by atoms with van der Waals surface area (Å²) in [6.45, 7) is 4.97. The van der Waals surface area contributed by atoms with Crippen molar-refractivity contribution in [2.45, 2.75) is 33.2 Å². The van der Waals surface area contributed by atoms with Crippen molar-refractivity contribution in [1.82, 2.24) is 10.3 Å². The lowest BCUT2D eigenvalue weighted by Gasteiger charge is -2.16. The van der Waals surface area contributed by atoms with E-state index in [4.69, 9.17) is 9.84 Å². The number of pyridine rings is 1. The molecule has 1 unspecified atom stereocenters. The maximum Gasteiger partial charge on any atom is 0.326 e. The number of carbonyl (C=O) groups is 2. The van der Waals surface area contributed by atoms with E-state index in [0.29, 0.717) is 11.4 Å². The molecule has 1 aromatic rings. The number of amides is 1. The fraction of sp³-hybridized carbons (Fsp3) is 0.462. The van der Waals surface area contributed by atoms with Gasteiger partial charge in [-0.1, -0.05) is 0 Å². The first-order valence-corrected chi connectivity index (χ1v) is 5.85. The first kappa shape index (κ1) is 14.9. The molecule has 0 aliphatic heterocycles.